The predicted octanol–water partition coefficient (Wildman–Crippen LogP) is 7.49. The summed E-state index contributed by atoms with van der Waals surface area (Å²) in [6.45, 7) is 13.2. The molecule has 0 spiro atoms. The van der Waals surface area contributed by atoms with Crippen LogP contribution in [-0.4, -0.2) is 4.98 Å². The number of nitrogens with one attached hydrogen (secondary N) is 1. The molecule has 1 aliphatic carbocycles. The Morgan fingerprint density at radius 3 is 2.28 bits per heavy atom. The first-order chi connectivity index (χ1) is 14.9. The molecular weight excluding hydrogens is 435 g/mol. The monoisotopic (exact) mass is 464 g/mol. The van der Waals surface area contributed by atoms with E-state index < -0.39 is 27.8 Å². The third-order valence-electron chi connectivity index (χ3n) is 5.17. The summed E-state index contributed by atoms with van der Waals surface area (Å²) in [5, 5.41) is 9.17. The van der Waals surface area contributed by atoms with Crippen molar-refractivity contribution in [2.75, 3.05) is 0 Å². The van der Waals surface area contributed by atoms with Crippen molar-refractivity contribution in [3.05, 3.63) is 65.0 Å². The third-order valence-corrected chi connectivity index (χ3v) is 5.91. The summed E-state index contributed by atoms with van der Waals surface area (Å²) in [5.41, 5.74) is 2.63. The second-order valence-corrected chi connectivity index (χ2v) is 8.23. The fraction of sp³-hybridized carbons (Fsp3) is 0.417. The molecule has 1 saturated carbocycles. The quantitative estimate of drug-likeness (QED) is 0.476. The maximum Gasteiger partial charge on any atom is 0.417 e. The van der Waals surface area contributed by atoms with Crippen LogP contribution in [0.15, 0.2) is 41.9 Å². The molecule has 32 heavy (non-hydrogen) atoms. The van der Waals surface area contributed by atoms with Gasteiger partial charge in [-0.1, -0.05) is 50.4 Å². The Balaban J connectivity index is 0.000000318. The Morgan fingerprint density at radius 2 is 1.88 bits per heavy atom. The number of aromatic nitrogens is 1. The SMILES string of the molecule is C=C(CC)c1ccc(C2(C#N)CC2)cc1[S-](=N)=O.CC.Cc1cc(C(F)(F)F)cnc1C. The van der Waals surface area contributed by atoms with E-state index >= 15 is 0 Å². The van der Waals surface area contributed by atoms with Gasteiger partial charge >= 0.3 is 6.18 Å². The molecule has 1 aromatic heterocycles. The zero-order chi connectivity index (χ0) is 24.7. The van der Waals surface area contributed by atoms with Crippen LogP contribution in [0.2, 0.25) is 0 Å². The molecule has 2 aromatic rings. The Kier molecular flexibility index (Phi) is 9.65. The largest absolute Gasteiger partial charge is 0.440 e. The zero-order valence-corrected chi connectivity index (χ0v) is 19.9. The molecule has 1 aromatic carbocycles. The lowest BCUT2D eigenvalue weighted by atomic mass is 9.94. The van der Waals surface area contributed by atoms with Crippen LogP contribution in [0.1, 0.15) is 68.0 Å². The maximum absolute atomic E-state index is 12.1. The van der Waals surface area contributed by atoms with E-state index in [1.165, 1.54) is 0 Å². The molecule has 0 saturated heterocycles. The number of hydrogen-bond acceptors (Lipinski definition) is 5. The number of nitriles is 1. The predicted molar refractivity (Wildman–Crippen MR) is 121 cm³/mol. The van der Waals surface area contributed by atoms with Crippen LogP contribution < -0.4 is 0 Å². The van der Waals surface area contributed by atoms with Crippen LogP contribution in [0.25, 0.3) is 5.57 Å². The van der Waals surface area contributed by atoms with Gasteiger partial charge in [0, 0.05) is 11.9 Å². The number of rotatable bonds is 4. The van der Waals surface area contributed by atoms with Gasteiger partial charge in [0.05, 0.1) is 17.0 Å². The molecule has 0 amide bonds. The summed E-state index contributed by atoms with van der Waals surface area (Å²) in [4.78, 5) is 4.10. The summed E-state index contributed by atoms with van der Waals surface area (Å²) < 4.78 is 55.2. The lowest BCUT2D eigenvalue weighted by Gasteiger charge is -2.16. The number of pyridine rings is 1. The van der Waals surface area contributed by atoms with Crippen molar-refractivity contribution in [3.8, 4) is 6.07 Å². The second-order valence-electron chi connectivity index (χ2n) is 7.25. The van der Waals surface area contributed by atoms with Gasteiger partial charge in [-0.15, -0.1) is 0 Å². The minimum Gasteiger partial charge on any atom is -0.440 e. The number of benzene rings is 1. The highest BCUT2D eigenvalue weighted by Gasteiger charge is 2.44. The topological polar surface area (TPSA) is 77.6 Å². The maximum atomic E-state index is 12.1. The molecule has 0 aliphatic heterocycles. The first kappa shape index (κ1) is 27.4. The number of alkyl halides is 3. The molecule has 4 nitrogen and oxygen atoms in total. The summed E-state index contributed by atoms with van der Waals surface area (Å²) in [5.74, 6) is 0. The van der Waals surface area contributed by atoms with E-state index in [0.29, 0.717) is 16.2 Å². The number of allylic oxidation sites excluding steroid dienone is 1. The molecule has 0 atom stereocenters. The zero-order valence-electron chi connectivity index (χ0n) is 19.1. The average Bonchev–Trinajstić information content (AvgIpc) is 3.57. The summed E-state index contributed by atoms with van der Waals surface area (Å²) in [7, 11) is -1.80. The van der Waals surface area contributed by atoms with E-state index in [-0.39, 0.29) is 0 Å². The molecule has 0 radical (unpaired) electrons. The van der Waals surface area contributed by atoms with E-state index in [4.69, 9.17) is 4.78 Å². The molecule has 8 heteroatoms. The Labute approximate surface area is 190 Å². The van der Waals surface area contributed by atoms with E-state index in [1.807, 2.05) is 32.9 Å². The van der Waals surface area contributed by atoms with Crippen LogP contribution in [0.5, 0.6) is 0 Å². The average molecular weight is 465 g/mol. The first-order valence-corrected chi connectivity index (χ1v) is 11.5. The highest BCUT2D eigenvalue weighted by atomic mass is 32.2. The van der Waals surface area contributed by atoms with Crippen molar-refractivity contribution in [1.82, 2.24) is 4.98 Å². The van der Waals surface area contributed by atoms with Crippen LogP contribution >= 0.6 is 0 Å². The fourth-order valence-electron chi connectivity index (χ4n) is 2.84. The minimum absolute atomic E-state index is 0.403. The van der Waals surface area contributed by atoms with Gasteiger partial charge in [-0.25, -0.2) is 0 Å². The van der Waals surface area contributed by atoms with E-state index in [1.54, 1.807) is 19.9 Å². The Hall–Kier alpha value is -2.66. The van der Waals surface area contributed by atoms with E-state index in [9.17, 15) is 22.6 Å². The molecule has 1 N–H and O–H groups in total. The number of halogens is 3. The smallest absolute Gasteiger partial charge is 0.417 e. The summed E-state index contributed by atoms with van der Waals surface area (Å²) in [6.07, 6.45) is -0.982. The molecule has 1 fully saturated rings. The molecule has 0 bridgehead atoms. The number of hydrogen-bond donors (Lipinski definition) is 1. The van der Waals surface area contributed by atoms with Gasteiger partial charge in [0.2, 0.25) is 0 Å². The van der Waals surface area contributed by atoms with Crippen LogP contribution in [0, 0.1) is 30.0 Å². The van der Waals surface area contributed by atoms with Crippen molar-refractivity contribution >= 4 is 16.2 Å². The van der Waals surface area contributed by atoms with Crippen LogP contribution in [0.3, 0.4) is 0 Å². The molecule has 0 unspecified atom stereocenters. The van der Waals surface area contributed by atoms with Crippen molar-refractivity contribution in [2.24, 2.45) is 0 Å². The summed E-state index contributed by atoms with van der Waals surface area (Å²) >= 11 is 0. The normalized spacial score (nSPS) is 13.8. The number of aryl methyl sites for hydroxylation is 2. The summed E-state index contributed by atoms with van der Waals surface area (Å²) in [6, 6.07) is 8.91. The Morgan fingerprint density at radius 1 is 1.28 bits per heavy atom. The van der Waals surface area contributed by atoms with Crippen molar-refractivity contribution in [2.45, 2.75) is 70.4 Å². The Bertz CT molecular complexity index is 1070. The highest BCUT2D eigenvalue weighted by molar-refractivity contribution is 7.73. The molecule has 3 rings (SSSR count). The van der Waals surface area contributed by atoms with Crippen LogP contribution in [-0.2, 0) is 26.4 Å². The van der Waals surface area contributed by atoms with Gasteiger partial charge in [0.25, 0.3) is 0 Å². The van der Waals surface area contributed by atoms with Gasteiger partial charge in [-0.2, -0.15) is 29.0 Å². The third kappa shape index (κ3) is 6.67. The second kappa shape index (κ2) is 11.3. The highest BCUT2D eigenvalue weighted by Crippen LogP contribution is 2.48. The van der Waals surface area contributed by atoms with Gasteiger partial charge in [-0.05, 0) is 61.4 Å². The van der Waals surface area contributed by atoms with Gasteiger partial charge in [0.1, 0.15) is 0 Å². The fourth-order valence-corrected chi connectivity index (χ4v) is 3.49. The molecule has 174 valence electrons. The van der Waals surface area contributed by atoms with Crippen molar-refractivity contribution in [3.63, 3.8) is 0 Å². The standard InChI is InChI=1S/C14H15N2OS.C8H8F3N.C2H6/c1-3-10(2)12-5-4-11(8-13(12)18(16)17)14(9-15)6-7-14;1-5-3-7(8(9,10)11)4-12-6(5)2;1-2/h4-5,8,16H,2-3,6-7H2,1H3;3-4H,1-2H3;1-2H3/q-1;;. The minimum atomic E-state index is -4.29. The molecule has 1 aliphatic rings. The number of nitrogens with zero attached hydrogens (tertiary/aromatic N) is 2. The molecule has 1 heterocycles. The lowest BCUT2D eigenvalue weighted by molar-refractivity contribution is -0.137. The van der Waals surface area contributed by atoms with Gasteiger partial charge in [0.15, 0.2) is 0 Å². The molecular formula is C24H29F3N3OS-. The van der Waals surface area contributed by atoms with E-state index in [2.05, 4.69) is 17.6 Å². The van der Waals surface area contributed by atoms with Gasteiger partial charge in [-0.3, -0.25) is 4.98 Å². The lowest BCUT2D eigenvalue weighted by Crippen LogP contribution is -2.06. The van der Waals surface area contributed by atoms with Gasteiger partial charge < -0.3 is 8.99 Å². The van der Waals surface area contributed by atoms with Crippen LogP contribution in [0.4, 0.5) is 13.2 Å². The van der Waals surface area contributed by atoms with Crippen molar-refractivity contribution in [1.29, 1.82) is 10.0 Å². The van der Waals surface area contributed by atoms with E-state index in [0.717, 1.165) is 48.2 Å². The first-order valence-electron chi connectivity index (χ1n) is 10.3. The van der Waals surface area contributed by atoms with Crippen molar-refractivity contribution < 1.29 is 17.4 Å².